The SMILES string of the molecule is O=C(NCc1cn2ccc(CNCC3CCCCC3)cc2n1)c1cc(=O)n2ccccc2n1. The minimum Gasteiger partial charge on any atom is -0.345 e. The molecule has 0 atom stereocenters. The van der Waals surface area contributed by atoms with Crippen molar-refractivity contribution in [2.24, 2.45) is 5.92 Å². The largest absolute Gasteiger partial charge is 0.345 e. The summed E-state index contributed by atoms with van der Waals surface area (Å²) in [6.07, 6.45) is 12.3. The van der Waals surface area contributed by atoms with Gasteiger partial charge in [0.25, 0.3) is 11.5 Å². The molecule has 33 heavy (non-hydrogen) atoms. The molecule has 1 saturated carbocycles. The fourth-order valence-electron chi connectivity index (χ4n) is 4.52. The summed E-state index contributed by atoms with van der Waals surface area (Å²) >= 11 is 0. The van der Waals surface area contributed by atoms with Gasteiger partial charge in [-0.25, -0.2) is 9.97 Å². The number of aromatic nitrogens is 4. The number of pyridine rings is 2. The van der Waals surface area contributed by atoms with E-state index in [2.05, 4.69) is 32.7 Å². The van der Waals surface area contributed by atoms with E-state index in [-0.39, 0.29) is 17.8 Å². The highest BCUT2D eigenvalue weighted by atomic mass is 16.2. The van der Waals surface area contributed by atoms with E-state index >= 15 is 0 Å². The number of carbonyl (C=O) groups is 1. The number of nitrogens with one attached hydrogen (secondary N) is 2. The van der Waals surface area contributed by atoms with Crippen molar-refractivity contribution in [3.63, 3.8) is 0 Å². The number of hydrogen-bond donors (Lipinski definition) is 2. The van der Waals surface area contributed by atoms with Crippen LogP contribution in [0.25, 0.3) is 11.3 Å². The maximum absolute atomic E-state index is 12.6. The quantitative estimate of drug-likeness (QED) is 0.457. The second-order valence-electron chi connectivity index (χ2n) is 8.76. The predicted molar refractivity (Wildman–Crippen MR) is 126 cm³/mol. The number of imidazole rings is 1. The number of fused-ring (bicyclic) bond motifs is 2. The van der Waals surface area contributed by atoms with Crippen LogP contribution >= 0.6 is 0 Å². The third kappa shape index (κ3) is 4.96. The average Bonchev–Trinajstić information content (AvgIpc) is 3.25. The van der Waals surface area contributed by atoms with Crippen LogP contribution in [0.15, 0.2) is 59.8 Å². The van der Waals surface area contributed by atoms with Gasteiger partial charge in [-0.1, -0.05) is 25.3 Å². The van der Waals surface area contributed by atoms with Gasteiger partial charge in [-0.3, -0.25) is 14.0 Å². The van der Waals surface area contributed by atoms with Crippen molar-refractivity contribution in [1.82, 2.24) is 29.4 Å². The molecule has 1 amide bonds. The zero-order chi connectivity index (χ0) is 22.6. The van der Waals surface area contributed by atoms with Gasteiger partial charge < -0.3 is 15.0 Å². The molecular weight excluding hydrogens is 416 g/mol. The molecule has 0 saturated heterocycles. The van der Waals surface area contributed by atoms with Gasteiger partial charge in [0.1, 0.15) is 17.0 Å². The Morgan fingerprint density at radius 1 is 1.00 bits per heavy atom. The molecule has 4 aromatic heterocycles. The molecule has 4 heterocycles. The Hall–Kier alpha value is -3.52. The lowest BCUT2D eigenvalue weighted by molar-refractivity contribution is 0.0945. The molecule has 170 valence electrons. The zero-order valence-electron chi connectivity index (χ0n) is 18.5. The first-order valence-corrected chi connectivity index (χ1v) is 11.6. The minimum atomic E-state index is -0.400. The zero-order valence-corrected chi connectivity index (χ0v) is 18.5. The summed E-state index contributed by atoms with van der Waals surface area (Å²) in [5, 5.41) is 6.41. The second-order valence-corrected chi connectivity index (χ2v) is 8.76. The van der Waals surface area contributed by atoms with Gasteiger partial charge >= 0.3 is 0 Å². The first-order chi connectivity index (χ1) is 16.2. The monoisotopic (exact) mass is 444 g/mol. The molecule has 0 aromatic carbocycles. The van der Waals surface area contributed by atoms with Crippen LogP contribution in [0.5, 0.6) is 0 Å². The standard InChI is InChI=1S/C25H28N6O2/c32-24-13-21(29-22-8-4-5-10-31(22)24)25(33)27-16-20-17-30-11-9-19(12-23(30)28-20)15-26-14-18-6-2-1-3-7-18/h4-5,8-13,17-18,26H,1-3,6-7,14-16H2,(H,27,33). The van der Waals surface area contributed by atoms with E-state index in [4.69, 9.17) is 0 Å². The van der Waals surface area contributed by atoms with E-state index in [1.165, 1.54) is 48.1 Å². The maximum atomic E-state index is 12.6. The summed E-state index contributed by atoms with van der Waals surface area (Å²) in [5.41, 5.74) is 3.03. The van der Waals surface area contributed by atoms with Crippen LogP contribution in [0.1, 0.15) is 53.8 Å². The molecule has 8 nitrogen and oxygen atoms in total. The van der Waals surface area contributed by atoms with Crippen molar-refractivity contribution in [1.29, 1.82) is 0 Å². The van der Waals surface area contributed by atoms with Crippen molar-refractivity contribution in [2.45, 2.75) is 45.2 Å². The fraction of sp³-hybridized carbons (Fsp3) is 0.360. The molecule has 4 aromatic rings. The lowest BCUT2D eigenvalue weighted by Crippen LogP contribution is -2.27. The molecule has 0 aliphatic heterocycles. The van der Waals surface area contributed by atoms with Crippen LogP contribution in [0.2, 0.25) is 0 Å². The van der Waals surface area contributed by atoms with E-state index in [1.54, 1.807) is 24.4 Å². The Balaban J connectivity index is 1.20. The Labute approximate surface area is 191 Å². The van der Waals surface area contributed by atoms with Crippen LogP contribution < -0.4 is 16.2 Å². The van der Waals surface area contributed by atoms with E-state index in [0.717, 1.165) is 30.3 Å². The molecule has 0 radical (unpaired) electrons. The van der Waals surface area contributed by atoms with E-state index < -0.39 is 5.91 Å². The predicted octanol–water partition coefficient (Wildman–Crippen LogP) is 2.94. The third-order valence-electron chi connectivity index (χ3n) is 6.30. The number of nitrogens with zero attached hydrogens (tertiary/aromatic N) is 4. The van der Waals surface area contributed by atoms with Crippen LogP contribution in [0.3, 0.4) is 0 Å². The highest BCUT2D eigenvalue weighted by Crippen LogP contribution is 2.22. The van der Waals surface area contributed by atoms with Crippen molar-refractivity contribution in [3.05, 3.63) is 82.3 Å². The van der Waals surface area contributed by atoms with E-state index in [9.17, 15) is 9.59 Å². The number of amides is 1. The highest BCUT2D eigenvalue weighted by molar-refractivity contribution is 5.92. The Morgan fingerprint density at radius 3 is 2.76 bits per heavy atom. The summed E-state index contributed by atoms with van der Waals surface area (Å²) in [7, 11) is 0. The summed E-state index contributed by atoms with van der Waals surface area (Å²) in [4.78, 5) is 33.7. The van der Waals surface area contributed by atoms with Gasteiger partial charge in [0.15, 0.2) is 0 Å². The number of carbonyl (C=O) groups excluding carboxylic acids is 1. The molecule has 1 aliphatic carbocycles. The molecule has 0 bridgehead atoms. The lowest BCUT2D eigenvalue weighted by Gasteiger charge is -2.21. The molecule has 0 spiro atoms. The van der Waals surface area contributed by atoms with E-state index in [0.29, 0.717) is 5.65 Å². The number of hydrogen-bond acceptors (Lipinski definition) is 5. The smallest absolute Gasteiger partial charge is 0.270 e. The normalized spacial score (nSPS) is 14.7. The summed E-state index contributed by atoms with van der Waals surface area (Å²) in [6, 6.07) is 10.6. The Kier molecular flexibility index (Phi) is 6.17. The fourth-order valence-corrected chi connectivity index (χ4v) is 4.52. The van der Waals surface area contributed by atoms with Crippen molar-refractivity contribution < 1.29 is 4.79 Å². The molecule has 5 rings (SSSR count). The lowest BCUT2D eigenvalue weighted by atomic mass is 9.89. The molecule has 1 fully saturated rings. The van der Waals surface area contributed by atoms with Gasteiger partial charge in [0.05, 0.1) is 12.2 Å². The first-order valence-electron chi connectivity index (χ1n) is 11.6. The molecule has 8 heteroatoms. The van der Waals surface area contributed by atoms with Crippen molar-refractivity contribution >= 4 is 17.2 Å². The van der Waals surface area contributed by atoms with Crippen LogP contribution in [-0.4, -0.2) is 31.2 Å². The van der Waals surface area contributed by atoms with Gasteiger partial charge in [-0.2, -0.15) is 0 Å². The summed E-state index contributed by atoms with van der Waals surface area (Å²) < 4.78 is 3.35. The first kappa shape index (κ1) is 21.3. The highest BCUT2D eigenvalue weighted by Gasteiger charge is 2.13. The second kappa shape index (κ2) is 9.54. The van der Waals surface area contributed by atoms with Gasteiger partial charge in [0.2, 0.25) is 0 Å². The molecular formula is C25H28N6O2. The topological polar surface area (TPSA) is 92.8 Å². The van der Waals surface area contributed by atoms with Gasteiger partial charge in [0, 0.05) is 31.2 Å². The number of rotatable bonds is 7. The molecule has 0 unspecified atom stereocenters. The molecule has 1 aliphatic rings. The van der Waals surface area contributed by atoms with Gasteiger partial charge in [-0.05, 0) is 55.1 Å². The Morgan fingerprint density at radius 2 is 1.88 bits per heavy atom. The van der Waals surface area contributed by atoms with Gasteiger partial charge in [-0.15, -0.1) is 0 Å². The maximum Gasteiger partial charge on any atom is 0.270 e. The summed E-state index contributed by atoms with van der Waals surface area (Å²) in [6.45, 7) is 2.16. The van der Waals surface area contributed by atoms with Crippen molar-refractivity contribution in [3.8, 4) is 0 Å². The van der Waals surface area contributed by atoms with Crippen LogP contribution in [0, 0.1) is 5.92 Å². The average molecular weight is 445 g/mol. The van der Waals surface area contributed by atoms with Crippen LogP contribution in [0.4, 0.5) is 0 Å². The van der Waals surface area contributed by atoms with Crippen LogP contribution in [-0.2, 0) is 13.1 Å². The van der Waals surface area contributed by atoms with E-state index in [1.807, 2.05) is 16.8 Å². The third-order valence-corrected chi connectivity index (χ3v) is 6.30. The molecule has 2 N–H and O–H groups in total. The summed E-state index contributed by atoms with van der Waals surface area (Å²) in [5.74, 6) is 0.403. The van der Waals surface area contributed by atoms with Crippen molar-refractivity contribution in [2.75, 3.05) is 6.54 Å². The minimum absolute atomic E-state index is 0.0984. The Bertz CT molecular complexity index is 1340.